The molecule has 2 aromatic heterocycles. The van der Waals surface area contributed by atoms with Gasteiger partial charge in [-0.25, -0.2) is 9.59 Å². The first kappa shape index (κ1) is 23.7. The molecule has 0 bridgehead atoms. The van der Waals surface area contributed by atoms with Gasteiger partial charge in [-0.15, -0.1) is 11.3 Å². The number of aryl methyl sites for hydroxylation is 1. The van der Waals surface area contributed by atoms with Crippen molar-refractivity contribution in [3.63, 3.8) is 0 Å². The number of ether oxygens (including phenoxy) is 1. The van der Waals surface area contributed by atoms with Crippen LogP contribution in [0.4, 0.5) is 16.6 Å². The predicted molar refractivity (Wildman–Crippen MR) is 111 cm³/mol. The highest BCUT2D eigenvalue weighted by atomic mass is 32.1. The number of nitrogens with two attached hydrogens (primary N) is 2. The van der Waals surface area contributed by atoms with Gasteiger partial charge in [-0.2, -0.15) is 9.97 Å². The Morgan fingerprint density at radius 1 is 1.16 bits per heavy atom. The third-order valence-electron chi connectivity index (χ3n) is 4.21. The summed E-state index contributed by atoms with van der Waals surface area (Å²) in [5.74, 6) is -2.43. The Hall–Kier alpha value is -3.61. The first-order valence-electron chi connectivity index (χ1n) is 9.27. The number of carboxylic acids is 2. The average molecular weight is 453 g/mol. The Balaban J connectivity index is 1.79. The largest absolute Gasteiger partial charge is 0.493 e. The zero-order valence-corrected chi connectivity index (χ0v) is 17.2. The number of amides is 1. The summed E-state index contributed by atoms with van der Waals surface area (Å²) < 4.78 is 5.07. The lowest BCUT2D eigenvalue weighted by atomic mass is 10.1. The number of nitrogen functional groups attached to an aromatic ring is 2. The van der Waals surface area contributed by atoms with E-state index >= 15 is 0 Å². The number of nitrogens with zero attached hydrogens (tertiary/aromatic N) is 2. The van der Waals surface area contributed by atoms with Gasteiger partial charge in [-0.05, 0) is 38.2 Å². The molecule has 31 heavy (non-hydrogen) atoms. The summed E-state index contributed by atoms with van der Waals surface area (Å²) in [5.41, 5.74) is 11.6. The molecule has 0 saturated heterocycles. The molecule has 12 nitrogen and oxygen atoms in total. The Labute approximate surface area is 180 Å². The van der Waals surface area contributed by atoms with Crippen LogP contribution in [0.15, 0.2) is 11.4 Å². The molecule has 2 aromatic rings. The van der Waals surface area contributed by atoms with E-state index in [1.54, 1.807) is 11.4 Å². The van der Waals surface area contributed by atoms with Gasteiger partial charge in [0.15, 0.2) is 0 Å². The van der Waals surface area contributed by atoms with Crippen molar-refractivity contribution in [1.82, 2.24) is 15.3 Å². The zero-order valence-electron chi connectivity index (χ0n) is 16.4. The number of carbonyl (C=O) groups excluding carboxylic acids is 1. The summed E-state index contributed by atoms with van der Waals surface area (Å²) >= 11 is 1.37. The lowest BCUT2D eigenvalue weighted by Gasteiger charge is -2.12. The molecule has 0 aliphatic rings. The number of anilines is 2. The summed E-state index contributed by atoms with van der Waals surface area (Å²) in [5, 5.41) is 31.3. The molecule has 0 radical (unpaired) electrons. The van der Waals surface area contributed by atoms with E-state index in [9.17, 15) is 19.5 Å². The van der Waals surface area contributed by atoms with Crippen LogP contribution in [-0.2, 0) is 22.4 Å². The van der Waals surface area contributed by atoms with E-state index in [0.717, 1.165) is 11.3 Å². The fourth-order valence-corrected chi connectivity index (χ4v) is 3.53. The molecule has 13 heteroatoms. The second kappa shape index (κ2) is 11.0. The number of carboxylic acid groups (broad SMARTS) is 2. The molecular formula is C18H23N5O7S. The van der Waals surface area contributed by atoms with Crippen molar-refractivity contribution in [3.05, 3.63) is 21.9 Å². The van der Waals surface area contributed by atoms with Crippen LogP contribution >= 0.6 is 11.3 Å². The monoisotopic (exact) mass is 453 g/mol. The number of rotatable bonds is 11. The van der Waals surface area contributed by atoms with Crippen molar-refractivity contribution in [2.45, 2.75) is 44.6 Å². The van der Waals surface area contributed by atoms with Crippen LogP contribution in [-0.4, -0.2) is 49.4 Å². The number of aliphatic carboxylic acids is 2. The highest BCUT2D eigenvalue weighted by molar-refractivity contribution is 7.10. The van der Waals surface area contributed by atoms with E-state index in [-0.39, 0.29) is 29.8 Å². The van der Waals surface area contributed by atoms with E-state index in [0.29, 0.717) is 24.8 Å². The molecule has 1 atom stereocenters. The van der Waals surface area contributed by atoms with Crippen molar-refractivity contribution < 1.29 is 34.4 Å². The summed E-state index contributed by atoms with van der Waals surface area (Å²) in [6.45, 7) is 0. The van der Waals surface area contributed by atoms with Gasteiger partial charge in [0.05, 0.1) is 5.56 Å². The van der Waals surface area contributed by atoms with Crippen molar-refractivity contribution in [3.8, 4) is 11.6 Å². The number of unbranched alkanes of at least 4 members (excludes halogenated alkanes) is 1. The molecule has 0 aliphatic heterocycles. The van der Waals surface area contributed by atoms with Crippen LogP contribution in [0.25, 0.3) is 0 Å². The van der Waals surface area contributed by atoms with Gasteiger partial charge in [0.1, 0.15) is 17.6 Å². The quantitative estimate of drug-likeness (QED) is 0.267. The first-order chi connectivity index (χ1) is 14.7. The second-order valence-corrected chi connectivity index (χ2v) is 7.58. The summed E-state index contributed by atoms with van der Waals surface area (Å²) in [4.78, 5) is 42.0. The third kappa shape index (κ3) is 7.62. The van der Waals surface area contributed by atoms with E-state index in [1.165, 1.54) is 11.3 Å². The van der Waals surface area contributed by atoms with Crippen molar-refractivity contribution in [2.75, 3.05) is 11.5 Å². The molecule has 0 saturated carbocycles. The minimum Gasteiger partial charge on any atom is -0.493 e. The van der Waals surface area contributed by atoms with Gasteiger partial charge < -0.3 is 36.8 Å². The molecule has 0 fully saturated rings. The van der Waals surface area contributed by atoms with Crippen LogP contribution < -0.4 is 21.5 Å². The predicted octanol–water partition coefficient (Wildman–Crippen LogP) is 1.38. The number of hydrogen-bond acceptors (Lipinski definition) is 10. The number of carbonyl (C=O) groups is 3. The molecule has 0 aliphatic carbocycles. The average Bonchev–Trinajstić information content (AvgIpc) is 3.10. The Kier molecular flexibility index (Phi) is 8.37. The van der Waals surface area contributed by atoms with Crippen LogP contribution in [0.5, 0.6) is 11.6 Å². The fourth-order valence-electron chi connectivity index (χ4n) is 2.70. The number of aromatic nitrogens is 2. The van der Waals surface area contributed by atoms with E-state index in [2.05, 4.69) is 15.3 Å². The maximum Gasteiger partial charge on any atom is 0.413 e. The van der Waals surface area contributed by atoms with Gasteiger partial charge in [0, 0.05) is 16.7 Å². The maximum atomic E-state index is 11.9. The molecule has 0 spiro atoms. The number of aromatic hydroxyl groups is 1. The minimum atomic E-state index is -1.36. The van der Waals surface area contributed by atoms with E-state index < -0.39 is 30.5 Å². The summed E-state index contributed by atoms with van der Waals surface area (Å²) in [6, 6.07) is 0.304. The molecule has 168 valence electrons. The maximum absolute atomic E-state index is 11.9. The normalized spacial score (nSPS) is 11.6. The smallest absolute Gasteiger partial charge is 0.413 e. The van der Waals surface area contributed by atoms with Crippen molar-refractivity contribution >= 4 is 41.1 Å². The molecule has 2 heterocycles. The number of nitrogens with one attached hydrogen (secondary N) is 1. The first-order valence-corrected chi connectivity index (χ1v) is 10.1. The zero-order chi connectivity index (χ0) is 23.0. The van der Waals surface area contributed by atoms with Gasteiger partial charge in [0.25, 0.3) is 0 Å². The Morgan fingerprint density at radius 3 is 2.52 bits per heavy atom. The summed E-state index contributed by atoms with van der Waals surface area (Å²) in [7, 11) is 0. The van der Waals surface area contributed by atoms with E-state index in [1.807, 2.05) is 0 Å². The van der Waals surface area contributed by atoms with Crippen LogP contribution in [0.3, 0.4) is 0 Å². The molecule has 2 rings (SSSR count). The second-order valence-electron chi connectivity index (χ2n) is 6.58. The van der Waals surface area contributed by atoms with Gasteiger partial charge in [-0.1, -0.05) is 0 Å². The lowest BCUT2D eigenvalue weighted by Crippen LogP contribution is -2.42. The van der Waals surface area contributed by atoms with Gasteiger partial charge in [-0.3, -0.25) is 4.79 Å². The topological polar surface area (TPSA) is 211 Å². The van der Waals surface area contributed by atoms with Crippen LogP contribution in [0.1, 0.15) is 36.1 Å². The highest BCUT2D eigenvalue weighted by Crippen LogP contribution is 2.25. The highest BCUT2D eigenvalue weighted by Gasteiger charge is 2.22. The third-order valence-corrected chi connectivity index (χ3v) is 5.19. The minimum absolute atomic E-state index is 0.0922. The SMILES string of the molecule is Nc1nc(N)c(CCCCc2cc(OC(=O)N[C@@H](CCC(=O)O)C(=O)O)cs2)c(O)n1. The van der Waals surface area contributed by atoms with Crippen molar-refractivity contribution in [2.24, 2.45) is 0 Å². The number of thiophene rings is 1. The molecule has 8 N–H and O–H groups in total. The molecule has 0 unspecified atom stereocenters. The van der Waals surface area contributed by atoms with Crippen molar-refractivity contribution in [1.29, 1.82) is 0 Å². The van der Waals surface area contributed by atoms with Gasteiger partial charge in [0.2, 0.25) is 11.8 Å². The summed E-state index contributed by atoms with van der Waals surface area (Å²) in [6.07, 6.45) is 0.982. The Bertz CT molecular complexity index is 926. The number of hydrogen-bond donors (Lipinski definition) is 6. The molecule has 0 aromatic carbocycles. The Morgan fingerprint density at radius 2 is 1.87 bits per heavy atom. The standard InChI is InChI=1S/C18H23N5O7S/c19-14-11(15(26)23-17(20)22-14)4-2-1-3-10-7-9(8-31-10)30-18(29)21-12(16(27)28)5-6-13(24)25/h7-8,12H,1-6H2,(H,21,29)(H,24,25)(H,27,28)(H5,19,20,22,23,26)/t12-/m0/s1. The lowest BCUT2D eigenvalue weighted by molar-refractivity contribution is -0.140. The van der Waals surface area contributed by atoms with Crippen LogP contribution in [0, 0.1) is 0 Å². The van der Waals surface area contributed by atoms with Gasteiger partial charge >= 0.3 is 18.0 Å². The molecule has 1 amide bonds. The van der Waals surface area contributed by atoms with Crippen LogP contribution in [0.2, 0.25) is 0 Å². The van der Waals surface area contributed by atoms with E-state index in [4.69, 9.17) is 26.4 Å². The molecular weight excluding hydrogens is 430 g/mol. The fraction of sp³-hybridized carbons (Fsp3) is 0.389.